The number of amides is 1. The zero-order valence-electron chi connectivity index (χ0n) is 18.0. The van der Waals surface area contributed by atoms with E-state index in [1.807, 2.05) is 12.1 Å². The Morgan fingerprint density at radius 3 is 2.75 bits per heavy atom. The number of pyridine rings is 1. The van der Waals surface area contributed by atoms with Crippen LogP contribution < -0.4 is 10.5 Å². The molecule has 0 spiro atoms. The molecule has 1 amide bonds. The van der Waals surface area contributed by atoms with Crippen molar-refractivity contribution in [2.24, 2.45) is 10.9 Å². The normalized spacial score (nSPS) is 18.1. The molecular weight excluding hydrogens is 408 g/mol. The molecule has 1 aromatic heterocycles. The molecule has 0 unspecified atom stereocenters. The SMILES string of the molecule is NC(=O)c1c(N=O)cccc1OC[C@@H]1CCCCN1C(=C1CCC1)c1cccnc1CO. The summed E-state index contributed by atoms with van der Waals surface area (Å²) in [6.07, 6.45) is 8.02. The summed E-state index contributed by atoms with van der Waals surface area (Å²) >= 11 is 0. The van der Waals surface area contributed by atoms with Gasteiger partial charge in [-0.2, -0.15) is 0 Å². The summed E-state index contributed by atoms with van der Waals surface area (Å²) < 4.78 is 6.06. The predicted octanol–water partition coefficient (Wildman–Crippen LogP) is 3.90. The van der Waals surface area contributed by atoms with E-state index in [0.29, 0.717) is 12.3 Å². The second kappa shape index (κ2) is 9.91. The molecule has 8 nitrogen and oxygen atoms in total. The molecular formula is C24H28N4O4. The first-order chi connectivity index (χ1) is 15.6. The number of likely N-dealkylation sites (tertiary alicyclic amines) is 1. The van der Waals surface area contributed by atoms with E-state index in [0.717, 1.165) is 56.3 Å². The van der Waals surface area contributed by atoms with Crippen molar-refractivity contribution in [3.8, 4) is 5.75 Å². The molecule has 2 fully saturated rings. The number of piperidine rings is 1. The van der Waals surface area contributed by atoms with Gasteiger partial charge in [0.05, 0.1) is 18.3 Å². The number of hydrogen-bond acceptors (Lipinski definition) is 7. The maximum Gasteiger partial charge on any atom is 0.254 e. The van der Waals surface area contributed by atoms with Crippen LogP contribution in [0.15, 0.2) is 47.3 Å². The number of nitroso groups, excluding NO2 is 1. The number of allylic oxidation sites excluding steroid dienone is 1. The maximum absolute atomic E-state index is 11.9. The molecule has 32 heavy (non-hydrogen) atoms. The number of carbonyl (C=O) groups is 1. The van der Waals surface area contributed by atoms with Crippen LogP contribution >= 0.6 is 0 Å². The minimum Gasteiger partial charge on any atom is -0.491 e. The van der Waals surface area contributed by atoms with Crippen molar-refractivity contribution in [1.82, 2.24) is 9.88 Å². The van der Waals surface area contributed by atoms with Crippen molar-refractivity contribution < 1.29 is 14.6 Å². The highest BCUT2D eigenvalue weighted by molar-refractivity contribution is 6.00. The van der Waals surface area contributed by atoms with Gasteiger partial charge in [-0.05, 0) is 73.5 Å². The van der Waals surface area contributed by atoms with Gasteiger partial charge < -0.3 is 20.5 Å². The Morgan fingerprint density at radius 2 is 2.06 bits per heavy atom. The lowest BCUT2D eigenvalue weighted by molar-refractivity contribution is 0.0993. The van der Waals surface area contributed by atoms with Crippen molar-refractivity contribution in [3.05, 3.63) is 63.8 Å². The molecule has 1 aliphatic carbocycles. The highest BCUT2D eigenvalue weighted by Gasteiger charge is 2.31. The summed E-state index contributed by atoms with van der Waals surface area (Å²) in [5, 5.41) is 12.8. The van der Waals surface area contributed by atoms with E-state index in [4.69, 9.17) is 10.5 Å². The van der Waals surface area contributed by atoms with Crippen LogP contribution in [0.5, 0.6) is 5.75 Å². The van der Waals surface area contributed by atoms with Gasteiger partial charge in [0.2, 0.25) is 0 Å². The Kier molecular flexibility index (Phi) is 6.80. The first-order valence-corrected chi connectivity index (χ1v) is 11.1. The van der Waals surface area contributed by atoms with Crippen LogP contribution in [0.3, 0.4) is 0 Å². The summed E-state index contributed by atoms with van der Waals surface area (Å²) in [5.41, 5.74) is 9.66. The smallest absolute Gasteiger partial charge is 0.254 e. The first-order valence-electron chi connectivity index (χ1n) is 11.1. The lowest BCUT2D eigenvalue weighted by Gasteiger charge is -2.42. The van der Waals surface area contributed by atoms with E-state index < -0.39 is 5.91 Å². The van der Waals surface area contributed by atoms with E-state index in [1.165, 1.54) is 11.6 Å². The Morgan fingerprint density at radius 1 is 1.22 bits per heavy atom. The van der Waals surface area contributed by atoms with E-state index in [-0.39, 0.29) is 29.6 Å². The van der Waals surface area contributed by atoms with Crippen LogP contribution in [0, 0.1) is 4.91 Å². The van der Waals surface area contributed by atoms with Crippen molar-refractivity contribution in [2.75, 3.05) is 13.2 Å². The van der Waals surface area contributed by atoms with Crippen molar-refractivity contribution >= 4 is 17.3 Å². The quantitative estimate of drug-likeness (QED) is 0.606. The van der Waals surface area contributed by atoms with Gasteiger partial charge in [0, 0.05) is 24.0 Å². The van der Waals surface area contributed by atoms with Crippen LogP contribution in [0.1, 0.15) is 60.1 Å². The number of aliphatic hydroxyl groups is 1. The van der Waals surface area contributed by atoms with Gasteiger partial charge in [0.25, 0.3) is 5.91 Å². The van der Waals surface area contributed by atoms with Gasteiger partial charge in [-0.3, -0.25) is 9.78 Å². The van der Waals surface area contributed by atoms with Crippen LogP contribution in [-0.2, 0) is 6.61 Å². The van der Waals surface area contributed by atoms with Gasteiger partial charge in [-0.25, -0.2) is 0 Å². The fourth-order valence-corrected chi connectivity index (χ4v) is 4.54. The first kappa shape index (κ1) is 22.0. The minimum absolute atomic E-state index is 0.0113. The molecule has 8 heteroatoms. The van der Waals surface area contributed by atoms with E-state index in [1.54, 1.807) is 18.3 Å². The Hall–Kier alpha value is -3.26. The van der Waals surface area contributed by atoms with Gasteiger partial charge in [-0.15, -0.1) is 4.91 Å². The molecule has 0 radical (unpaired) electrons. The molecule has 4 rings (SSSR count). The standard InChI is InChI=1S/C24H28N4O4/c25-24(30)22-19(27-31)10-4-11-21(22)32-15-17-8-1-2-13-28(17)23(16-6-3-7-16)18-9-5-12-26-20(18)14-29/h4-5,9-12,17,29H,1-3,6-8,13-15H2,(H2,25,30)/t17-/m0/s1. The van der Waals surface area contributed by atoms with Crippen LogP contribution in [-0.4, -0.2) is 40.1 Å². The summed E-state index contributed by atoms with van der Waals surface area (Å²) in [4.78, 5) is 29.8. The number of aromatic nitrogens is 1. The lowest BCUT2D eigenvalue weighted by atomic mass is 9.86. The molecule has 1 saturated carbocycles. The monoisotopic (exact) mass is 436 g/mol. The van der Waals surface area contributed by atoms with E-state index in [9.17, 15) is 14.8 Å². The molecule has 1 saturated heterocycles. The number of carbonyl (C=O) groups excluding carboxylic acids is 1. The molecule has 2 aromatic rings. The predicted molar refractivity (Wildman–Crippen MR) is 121 cm³/mol. The highest BCUT2D eigenvalue weighted by Crippen LogP contribution is 2.39. The Labute approximate surface area is 187 Å². The lowest BCUT2D eigenvalue weighted by Crippen LogP contribution is -2.43. The van der Waals surface area contributed by atoms with Gasteiger partial charge >= 0.3 is 0 Å². The third-order valence-corrected chi connectivity index (χ3v) is 6.28. The largest absolute Gasteiger partial charge is 0.491 e. The fourth-order valence-electron chi connectivity index (χ4n) is 4.54. The van der Waals surface area contributed by atoms with E-state index >= 15 is 0 Å². The number of primary amides is 1. The third-order valence-electron chi connectivity index (χ3n) is 6.28. The summed E-state index contributed by atoms with van der Waals surface area (Å²) in [6.45, 7) is 1.11. The zero-order chi connectivity index (χ0) is 22.5. The Bertz CT molecular complexity index is 1030. The van der Waals surface area contributed by atoms with Gasteiger partial charge in [-0.1, -0.05) is 6.07 Å². The fraction of sp³-hybridized carbons (Fsp3) is 0.417. The minimum atomic E-state index is -0.740. The summed E-state index contributed by atoms with van der Waals surface area (Å²) in [5.74, 6) is -0.466. The second-order valence-corrected chi connectivity index (χ2v) is 8.22. The second-order valence-electron chi connectivity index (χ2n) is 8.22. The van der Waals surface area contributed by atoms with Crippen molar-refractivity contribution in [3.63, 3.8) is 0 Å². The number of nitrogens with two attached hydrogens (primary N) is 1. The summed E-state index contributed by atoms with van der Waals surface area (Å²) in [6, 6.07) is 8.72. The molecule has 3 N–H and O–H groups in total. The topological polar surface area (TPSA) is 118 Å². The number of nitrogens with zero attached hydrogens (tertiary/aromatic N) is 3. The number of benzene rings is 1. The van der Waals surface area contributed by atoms with Crippen LogP contribution in [0.4, 0.5) is 5.69 Å². The molecule has 2 aliphatic rings. The summed E-state index contributed by atoms with van der Waals surface area (Å²) in [7, 11) is 0. The number of ether oxygens (including phenoxy) is 1. The average molecular weight is 437 g/mol. The molecule has 1 aromatic carbocycles. The molecule has 2 heterocycles. The van der Waals surface area contributed by atoms with Crippen LogP contribution in [0.2, 0.25) is 0 Å². The molecule has 168 valence electrons. The third kappa shape index (κ3) is 4.36. The molecule has 0 bridgehead atoms. The number of aliphatic hydroxyl groups excluding tert-OH is 1. The zero-order valence-corrected chi connectivity index (χ0v) is 18.0. The van der Waals surface area contributed by atoms with Crippen molar-refractivity contribution in [1.29, 1.82) is 0 Å². The van der Waals surface area contributed by atoms with E-state index in [2.05, 4.69) is 15.1 Å². The molecule has 1 aliphatic heterocycles. The van der Waals surface area contributed by atoms with Gasteiger partial charge in [0.15, 0.2) is 0 Å². The number of rotatable bonds is 8. The van der Waals surface area contributed by atoms with Crippen molar-refractivity contribution in [2.45, 2.75) is 51.2 Å². The Balaban J connectivity index is 1.64. The average Bonchev–Trinajstić information content (AvgIpc) is 2.79. The van der Waals surface area contributed by atoms with Crippen LogP contribution in [0.25, 0.3) is 5.70 Å². The number of hydrogen-bond donors (Lipinski definition) is 2. The maximum atomic E-state index is 11.9. The molecule has 1 atom stereocenters. The van der Waals surface area contributed by atoms with Gasteiger partial charge in [0.1, 0.15) is 23.6 Å². The highest BCUT2D eigenvalue weighted by atomic mass is 16.5.